The highest BCUT2D eigenvalue weighted by molar-refractivity contribution is 5.69. The van der Waals surface area contributed by atoms with Gasteiger partial charge in [-0.25, -0.2) is 0 Å². The normalized spacial score (nSPS) is 22.1. The predicted octanol–water partition coefficient (Wildman–Crippen LogP) is -0.116. The maximum Gasteiger partial charge on any atom is 0.317 e. The summed E-state index contributed by atoms with van der Waals surface area (Å²) in [6.45, 7) is 5.27. The molecule has 0 radical (unpaired) electrons. The van der Waals surface area contributed by atoms with Crippen molar-refractivity contribution < 1.29 is 19.8 Å². The van der Waals surface area contributed by atoms with Gasteiger partial charge >= 0.3 is 11.9 Å². The first-order chi connectivity index (χ1) is 17.3. The number of carboxylic acid groups (broad SMARTS) is 2. The summed E-state index contributed by atoms with van der Waals surface area (Å²) in [5, 5.41) is 45.2. The lowest BCUT2D eigenvalue weighted by Crippen LogP contribution is -2.49. The molecule has 1 fully saturated rings. The molecule has 0 saturated carbocycles. The van der Waals surface area contributed by atoms with Gasteiger partial charge in [0.25, 0.3) is 0 Å². The molecule has 3 aliphatic rings. The average molecular weight is 505 g/mol. The zero-order valence-electron chi connectivity index (χ0n) is 20.6. The van der Waals surface area contributed by atoms with E-state index in [1.165, 1.54) is 0 Å². The van der Waals surface area contributed by atoms with E-state index in [1.54, 1.807) is 24.3 Å². The number of hydrogen-bond donors (Lipinski definition) is 2. The largest absolute Gasteiger partial charge is 0.758 e. The lowest BCUT2D eigenvalue weighted by molar-refractivity contribution is -0.139. The summed E-state index contributed by atoms with van der Waals surface area (Å²) in [7, 11) is 0. The number of hydrogen-bond acceptors (Lipinski definition) is 10. The Labute approximate surface area is 211 Å². The van der Waals surface area contributed by atoms with E-state index in [2.05, 4.69) is 9.80 Å². The Morgan fingerprint density at radius 3 is 1.28 bits per heavy atom. The van der Waals surface area contributed by atoms with Gasteiger partial charge in [-0.1, -0.05) is 24.3 Å². The van der Waals surface area contributed by atoms with Crippen molar-refractivity contribution in [2.75, 3.05) is 91.6 Å². The summed E-state index contributed by atoms with van der Waals surface area (Å²) in [5.74, 6) is -1.82. The van der Waals surface area contributed by atoms with E-state index < -0.39 is 11.9 Å². The van der Waals surface area contributed by atoms with Crippen LogP contribution in [-0.4, -0.2) is 144 Å². The molecule has 3 heterocycles. The quantitative estimate of drug-likeness (QED) is 0.455. The highest BCUT2D eigenvalue weighted by Gasteiger charge is 2.20. The molecule has 0 aromatic heterocycles. The highest BCUT2D eigenvalue weighted by atomic mass is 16.5. The molecule has 12 nitrogen and oxygen atoms in total. The van der Waals surface area contributed by atoms with Crippen molar-refractivity contribution in [2.24, 2.45) is 0 Å². The molecule has 0 amide bonds. The molecule has 200 valence electrons. The van der Waals surface area contributed by atoms with Crippen LogP contribution in [0.5, 0.6) is 0 Å². The van der Waals surface area contributed by atoms with E-state index >= 15 is 0 Å². The number of carboxylic acids is 2. The van der Waals surface area contributed by atoms with Crippen LogP contribution in [0, 0.1) is 10.4 Å². The SMILES string of the molecule is O=C(O)CN1CCN(CC2=CC=CCN2[O-])CCN(CC(=O)O)CCN(CC2=CC=CCN2[O-])CC1. The molecule has 3 aliphatic heterocycles. The van der Waals surface area contributed by atoms with Crippen molar-refractivity contribution in [3.63, 3.8) is 0 Å². The van der Waals surface area contributed by atoms with Crippen molar-refractivity contribution in [1.82, 2.24) is 29.7 Å². The number of carbonyl (C=O) groups is 2. The van der Waals surface area contributed by atoms with Crippen molar-refractivity contribution in [1.29, 1.82) is 0 Å². The second-order valence-electron chi connectivity index (χ2n) is 9.19. The smallest absolute Gasteiger partial charge is 0.317 e. The molecule has 1 saturated heterocycles. The fourth-order valence-electron chi connectivity index (χ4n) is 4.39. The predicted molar refractivity (Wildman–Crippen MR) is 136 cm³/mol. The van der Waals surface area contributed by atoms with Crippen LogP contribution in [0.2, 0.25) is 0 Å². The van der Waals surface area contributed by atoms with E-state index in [9.17, 15) is 30.2 Å². The molecule has 12 heteroatoms. The zero-order valence-corrected chi connectivity index (χ0v) is 20.6. The van der Waals surface area contributed by atoms with Gasteiger partial charge in [0.2, 0.25) is 0 Å². The van der Waals surface area contributed by atoms with Gasteiger partial charge in [-0.05, 0) is 12.2 Å². The van der Waals surface area contributed by atoms with E-state index in [-0.39, 0.29) is 13.1 Å². The van der Waals surface area contributed by atoms with E-state index in [0.717, 1.165) is 10.1 Å². The van der Waals surface area contributed by atoms with Crippen molar-refractivity contribution in [3.8, 4) is 0 Å². The van der Waals surface area contributed by atoms with Crippen LogP contribution in [0.15, 0.2) is 47.9 Å². The monoisotopic (exact) mass is 504 g/mol. The third-order valence-corrected chi connectivity index (χ3v) is 6.45. The van der Waals surface area contributed by atoms with Crippen LogP contribution in [0.25, 0.3) is 0 Å². The maximum absolute atomic E-state index is 12.2. The average Bonchev–Trinajstić information content (AvgIpc) is 2.82. The summed E-state index contributed by atoms with van der Waals surface area (Å²) in [6, 6.07) is 0. The molecular weight excluding hydrogens is 468 g/mol. The van der Waals surface area contributed by atoms with Crippen LogP contribution in [-0.2, 0) is 9.59 Å². The summed E-state index contributed by atoms with van der Waals surface area (Å²) in [6.07, 6.45) is 10.8. The van der Waals surface area contributed by atoms with Crippen molar-refractivity contribution in [2.45, 2.75) is 0 Å². The minimum atomic E-state index is -0.912. The van der Waals surface area contributed by atoms with Crippen molar-refractivity contribution in [3.05, 3.63) is 58.3 Å². The second-order valence-corrected chi connectivity index (χ2v) is 9.19. The van der Waals surface area contributed by atoms with Gasteiger partial charge in [-0.2, -0.15) is 0 Å². The second kappa shape index (κ2) is 14.1. The first-order valence-electron chi connectivity index (χ1n) is 12.2. The Morgan fingerprint density at radius 1 is 0.639 bits per heavy atom. The Bertz CT molecular complexity index is 789. The first kappa shape index (κ1) is 27.8. The summed E-state index contributed by atoms with van der Waals surface area (Å²) >= 11 is 0. The van der Waals surface area contributed by atoms with Crippen LogP contribution < -0.4 is 0 Å². The van der Waals surface area contributed by atoms with Gasteiger partial charge < -0.3 is 30.8 Å². The molecule has 36 heavy (non-hydrogen) atoms. The third-order valence-electron chi connectivity index (χ3n) is 6.45. The molecule has 0 aromatic rings. The molecule has 0 aliphatic carbocycles. The molecular formula is C24H36N6O6-2. The minimum absolute atomic E-state index is 0.106. The van der Waals surface area contributed by atoms with Crippen LogP contribution in [0.3, 0.4) is 0 Å². The maximum atomic E-state index is 12.2. The molecule has 0 unspecified atom stereocenters. The van der Waals surface area contributed by atoms with E-state index in [1.807, 2.05) is 22.0 Å². The molecule has 0 spiro atoms. The first-order valence-corrected chi connectivity index (χ1v) is 12.2. The molecule has 3 rings (SSSR count). The fourth-order valence-corrected chi connectivity index (χ4v) is 4.39. The number of aliphatic carboxylic acids is 2. The van der Waals surface area contributed by atoms with Crippen molar-refractivity contribution >= 4 is 11.9 Å². The summed E-state index contributed by atoms with van der Waals surface area (Å²) in [5.41, 5.74) is 1.25. The fraction of sp³-hybridized carbons (Fsp3) is 0.583. The van der Waals surface area contributed by atoms with Crippen LogP contribution in [0.1, 0.15) is 0 Å². The molecule has 0 bridgehead atoms. The van der Waals surface area contributed by atoms with Gasteiger partial charge in [-0.3, -0.25) is 29.2 Å². The Morgan fingerprint density at radius 2 is 0.972 bits per heavy atom. The van der Waals surface area contributed by atoms with Gasteiger partial charge in [0.1, 0.15) is 0 Å². The molecule has 0 aromatic carbocycles. The number of hydroxylamine groups is 4. The Hall–Kier alpha value is -2.74. The number of allylic oxidation sites excluding steroid dienone is 4. The number of rotatable bonds is 8. The van der Waals surface area contributed by atoms with Crippen LogP contribution >= 0.6 is 0 Å². The standard InChI is InChI=1S/C24H36N6O6/c31-23(32)19-27-13-9-25(17-21-5-1-3-7-29(21)35)10-14-28(20-24(33)34)16-12-26(11-15-27)18-22-6-2-4-8-30(22)36/h1-6H,7-20H2,(H,31,32)(H,33,34)/q-2. The van der Waals surface area contributed by atoms with Crippen LogP contribution in [0.4, 0.5) is 0 Å². The molecule has 0 atom stereocenters. The van der Waals surface area contributed by atoms with Gasteiger partial charge in [0.05, 0.1) is 13.1 Å². The lowest BCUT2D eigenvalue weighted by Gasteiger charge is -2.39. The number of nitrogens with zero attached hydrogens (tertiary/aromatic N) is 6. The summed E-state index contributed by atoms with van der Waals surface area (Å²) in [4.78, 5) is 30.9. The summed E-state index contributed by atoms with van der Waals surface area (Å²) < 4.78 is 0. The minimum Gasteiger partial charge on any atom is -0.758 e. The zero-order chi connectivity index (χ0) is 25.9. The van der Waals surface area contributed by atoms with E-state index in [4.69, 9.17) is 0 Å². The van der Waals surface area contributed by atoms with Gasteiger partial charge in [-0.15, -0.1) is 0 Å². The Balaban J connectivity index is 1.74. The van der Waals surface area contributed by atoms with Gasteiger partial charge in [0.15, 0.2) is 0 Å². The third kappa shape index (κ3) is 9.37. The molecule has 2 N–H and O–H groups in total. The van der Waals surface area contributed by atoms with E-state index in [0.29, 0.717) is 89.9 Å². The Kier molecular flexibility index (Phi) is 10.9. The van der Waals surface area contributed by atoms with Gasteiger partial charge in [0, 0.05) is 89.9 Å². The lowest BCUT2D eigenvalue weighted by atomic mass is 10.2. The highest BCUT2D eigenvalue weighted by Crippen LogP contribution is 2.13. The topological polar surface area (TPSA) is 140 Å².